The summed E-state index contributed by atoms with van der Waals surface area (Å²) in [5.41, 5.74) is 0.607. The number of rotatable bonds is 3. The van der Waals surface area contributed by atoms with Crippen LogP contribution in [0.3, 0.4) is 0 Å². The third-order valence-corrected chi connectivity index (χ3v) is 4.17. The van der Waals surface area contributed by atoms with Crippen molar-refractivity contribution in [3.63, 3.8) is 0 Å². The van der Waals surface area contributed by atoms with E-state index >= 15 is 0 Å². The Morgan fingerprint density at radius 1 is 1.33 bits per heavy atom. The normalized spacial score (nSPS) is 26.2. The molecule has 0 saturated heterocycles. The lowest BCUT2D eigenvalue weighted by Crippen LogP contribution is -2.48. The van der Waals surface area contributed by atoms with Crippen molar-refractivity contribution in [2.24, 2.45) is 0 Å². The van der Waals surface area contributed by atoms with E-state index in [9.17, 15) is 19.4 Å². The number of amides is 1. The predicted molar refractivity (Wildman–Crippen MR) is 77.1 cm³/mol. The molecule has 0 bridgehead atoms. The summed E-state index contributed by atoms with van der Waals surface area (Å²) in [4.78, 5) is 13.8. The second-order valence-corrected chi connectivity index (χ2v) is 5.72. The van der Waals surface area contributed by atoms with Gasteiger partial charge in [-0.05, 0) is 30.5 Å². The second kappa shape index (κ2) is 7.00. The topological polar surface area (TPSA) is 60.8 Å². The van der Waals surface area contributed by atoms with Gasteiger partial charge in [-0.25, -0.2) is 4.39 Å². The number of halogens is 1. The molecule has 1 saturated carbocycles. The molecular formula is C16H22FNO3. The Balaban J connectivity index is 2.04. The van der Waals surface area contributed by atoms with Crippen LogP contribution >= 0.6 is 0 Å². The lowest BCUT2D eigenvalue weighted by atomic mass is 10.0. The molecule has 2 N–H and O–H groups in total. The number of carbonyl (C=O) groups excluding carboxylic acids is 1. The summed E-state index contributed by atoms with van der Waals surface area (Å²) >= 11 is 0. The Morgan fingerprint density at radius 2 is 2.05 bits per heavy atom. The van der Waals surface area contributed by atoms with Gasteiger partial charge in [0, 0.05) is 7.05 Å². The maximum Gasteiger partial charge on any atom is 0.227 e. The fraction of sp³-hybridized carbons (Fsp3) is 0.562. The zero-order valence-electron chi connectivity index (χ0n) is 12.2. The third-order valence-electron chi connectivity index (χ3n) is 4.17. The van der Waals surface area contributed by atoms with Crippen molar-refractivity contribution in [1.29, 1.82) is 0 Å². The highest BCUT2D eigenvalue weighted by atomic mass is 19.1. The molecule has 0 unspecified atom stereocenters. The molecule has 1 amide bonds. The molecule has 0 aliphatic heterocycles. The number of hydrogen-bond donors (Lipinski definition) is 2. The van der Waals surface area contributed by atoms with E-state index in [2.05, 4.69) is 0 Å². The molecule has 0 radical (unpaired) electrons. The number of benzene rings is 1. The van der Waals surface area contributed by atoms with E-state index in [-0.39, 0.29) is 24.2 Å². The molecule has 5 heteroatoms. The van der Waals surface area contributed by atoms with Gasteiger partial charge in [0.2, 0.25) is 5.91 Å². The molecule has 1 aromatic carbocycles. The molecular weight excluding hydrogens is 273 g/mol. The smallest absolute Gasteiger partial charge is 0.227 e. The van der Waals surface area contributed by atoms with Crippen molar-refractivity contribution in [3.05, 3.63) is 35.6 Å². The Bertz CT molecular complexity index is 494. The lowest BCUT2D eigenvalue weighted by molar-refractivity contribution is -0.135. The van der Waals surface area contributed by atoms with E-state index in [1.165, 1.54) is 17.0 Å². The minimum Gasteiger partial charge on any atom is -0.390 e. The van der Waals surface area contributed by atoms with Crippen LogP contribution in [0.15, 0.2) is 24.3 Å². The molecule has 21 heavy (non-hydrogen) atoms. The van der Waals surface area contributed by atoms with Crippen LogP contribution in [0.4, 0.5) is 4.39 Å². The van der Waals surface area contributed by atoms with Gasteiger partial charge in [-0.15, -0.1) is 0 Å². The van der Waals surface area contributed by atoms with E-state index in [0.29, 0.717) is 18.4 Å². The average Bonchev–Trinajstić information content (AvgIpc) is 2.61. The largest absolute Gasteiger partial charge is 0.390 e. The minimum absolute atomic E-state index is 0.0908. The van der Waals surface area contributed by atoms with Crippen molar-refractivity contribution in [1.82, 2.24) is 4.90 Å². The number of carbonyl (C=O) groups is 1. The van der Waals surface area contributed by atoms with Crippen molar-refractivity contribution < 1.29 is 19.4 Å². The van der Waals surface area contributed by atoms with Crippen molar-refractivity contribution in [3.8, 4) is 0 Å². The Labute approximate surface area is 124 Å². The molecule has 1 fully saturated rings. The average molecular weight is 295 g/mol. The van der Waals surface area contributed by atoms with E-state index in [4.69, 9.17) is 0 Å². The maximum absolute atomic E-state index is 13.1. The van der Waals surface area contributed by atoms with Crippen LogP contribution in [-0.4, -0.2) is 46.3 Å². The molecule has 116 valence electrons. The molecule has 0 heterocycles. The first-order valence-electron chi connectivity index (χ1n) is 7.35. The highest BCUT2D eigenvalue weighted by Gasteiger charge is 2.33. The van der Waals surface area contributed by atoms with E-state index in [1.54, 1.807) is 19.2 Å². The van der Waals surface area contributed by atoms with Crippen LogP contribution in [0.25, 0.3) is 0 Å². The Morgan fingerprint density at radius 3 is 2.76 bits per heavy atom. The molecule has 0 spiro atoms. The van der Waals surface area contributed by atoms with Gasteiger partial charge in [0.1, 0.15) is 11.9 Å². The van der Waals surface area contributed by atoms with Gasteiger partial charge in [0.05, 0.1) is 18.6 Å². The summed E-state index contributed by atoms with van der Waals surface area (Å²) in [6.07, 6.45) is 1.33. The van der Waals surface area contributed by atoms with Gasteiger partial charge < -0.3 is 15.1 Å². The zero-order chi connectivity index (χ0) is 15.4. The van der Waals surface area contributed by atoms with Crippen molar-refractivity contribution in [2.45, 2.75) is 50.4 Å². The van der Waals surface area contributed by atoms with Gasteiger partial charge in [-0.2, -0.15) is 0 Å². The summed E-state index contributed by atoms with van der Waals surface area (Å²) in [5, 5.41) is 20.0. The maximum atomic E-state index is 13.1. The van der Waals surface area contributed by atoms with Gasteiger partial charge in [-0.3, -0.25) is 4.79 Å². The Kier molecular flexibility index (Phi) is 5.31. The van der Waals surface area contributed by atoms with E-state index < -0.39 is 12.2 Å². The molecule has 1 aromatic rings. The molecule has 2 rings (SSSR count). The fourth-order valence-electron chi connectivity index (χ4n) is 2.86. The van der Waals surface area contributed by atoms with Crippen LogP contribution in [-0.2, 0) is 11.2 Å². The van der Waals surface area contributed by atoms with Gasteiger partial charge >= 0.3 is 0 Å². The third kappa shape index (κ3) is 4.02. The lowest BCUT2D eigenvalue weighted by Gasteiger charge is -2.32. The highest BCUT2D eigenvalue weighted by Crippen LogP contribution is 2.23. The number of aliphatic hydroxyl groups is 2. The first kappa shape index (κ1) is 15.9. The van der Waals surface area contributed by atoms with Crippen molar-refractivity contribution >= 4 is 5.91 Å². The SMILES string of the molecule is CN(C(=O)Cc1cccc(F)c1)[C@@H]1CCCC[C@@H](O)[C@@H]1O. The van der Waals surface area contributed by atoms with E-state index in [0.717, 1.165) is 12.8 Å². The number of hydrogen-bond acceptors (Lipinski definition) is 3. The van der Waals surface area contributed by atoms with Crippen molar-refractivity contribution in [2.75, 3.05) is 7.05 Å². The first-order valence-corrected chi connectivity index (χ1v) is 7.35. The number of aliphatic hydroxyl groups excluding tert-OH is 2. The molecule has 0 aromatic heterocycles. The quantitative estimate of drug-likeness (QED) is 0.831. The Hall–Kier alpha value is -1.46. The minimum atomic E-state index is -0.922. The molecule has 4 nitrogen and oxygen atoms in total. The summed E-state index contributed by atoms with van der Waals surface area (Å²) in [6.45, 7) is 0. The van der Waals surface area contributed by atoms with Gasteiger partial charge in [-0.1, -0.05) is 25.0 Å². The summed E-state index contributed by atoms with van der Waals surface area (Å²) < 4.78 is 13.1. The summed E-state index contributed by atoms with van der Waals surface area (Å²) in [6, 6.07) is 5.56. The second-order valence-electron chi connectivity index (χ2n) is 5.72. The highest BCUT2D eigenvalue weighted by molar-refractivity contribution is 5.78. The van der Waals surface area contributed by atoms with Crippen LogP contribution in [0, 0.1) is 5.82 Å². The fourth-order valence-corrected chi connectivity index (χ4v) is 2.86. The number of nitrogens with zero attached hydrogens (tertiary/aromatic N) is 1. The number of likely N-dealkylation sites (N-methyl/N-ethyl adjacent to an activating group) is 1. The summed E-state index contributed by atoms with van der Waals surface area (Å²) in [7, 11) is 1.63. The van der Waals surface area contributed by atoms with Crippen LogP contribution < -0.4 is 0 Å². The molecule has 1 aliphatic rings. The van der Waals surface area contributed by atoms with Crippen LogP contribution in [0.5, 0.6) is 0 Å². The van der Waals surface area contributed by atoms with Gasteiger partial charge in [0.25, 0.3) is 0 Å². The summed E-state index contributed by atoms with van der Waals surface area (Å²) in [5.74, 6) is -0.549. The monoisotopic (exact) mass is 295 g/mol. The van der Waals surface area contributed by atoms with Crippen LogP contribution in [0.2, 0.25) is 0 Å². The van der Waals surface area contributed by atoms with Crippen LogP contribution in [0.1, 0.15) is 31.2 Å². The first-order chi connectivity index (χ1) is 9.99. The van der Waals surface area contributed by atoms with E-state index in [1.807, 2.05) is 0 Å². The zero-order valence-corrected chi connectivity index (χ0v) is 12.2. The molecule has 3 atom stereocenters. The predicted octanol–water partition coefficient (Wildman–Crippen LogP) is 1.49. The van der Waals surface area contributed by atoms with Gasteiger partial charge in [0.15, 0.2) is 0 Å². The standard InChI is InChI=1S/C16H22FNO3/c1-18(13-7-2-3-8-14(19)16(13)21)15(20)10-11-5-4-6-12(17)9-11/h4-6,9,13-14,16,19,21H,2-3,7-8,10H2,1H3/t13-,14-,16-/m1/s1. The molecule has 1 aliphatic carbocycles.